The molecule has 0 spiro atoms. The van der Waals surface area contributed by atoms with Crippen LogP contribution in [-0.4, -0.2) is 63.1 Å². The standard InChI is InChI=1S/C20H39N5O.HI/c1-21-20(23-12-9-17-25-15-7-2-3-8-16-25)24-14-13-22-19(26)18-10-5-4-6-11-18;/h18H,2-17H2,1H3,(H,22,26)(H2,21,23,24);1H. The second-order valence-corrected chi connectivity index (χ2v) is 7.66. The molecule has 1 amide bonds. The number of amides is 1. The van der Waals surface area contributed by atoms with Gasteiger partial charge in [0.1, 0.15) is 0 Å². The molecule has 2 aliphatic rings. The summed E-state index contributed by atoms with van der Waals surface area (Å²) < 4.78 is 0. The van der Waals surface area contributed by atoms with Crippen molar-refractivity contribution >= 4 is 35.8 Å². The van der Waals surface area contributed by atoms with Crippen molar-refractivity contribution in [1.29, 1.82) is 0 Å². The van der Waals surface area contributed by atoms with E-state index in [-0.39, 0.29) is 35.8 Å². The highest BCUT2D eigenvalue weighted by molar-refractivity contribution is 14.0. The zero-order valence-electron chi connectivity index (χ0n) is 17.1. The first kappa shape index (κ1) is 24.5. The van der Waals surface area contributed by atoms with Gasteiger partial charge >= 0.3 is 0 Å². The van der Waals surface area contributed by atoms with Crippen molar-refractivity contribution in [1.82, 2.24) is 20.9 Å². The average Bonchev–Trinajstić information content (AvgIpc) is 2.96. The number of nitrogens with zero attached hydrogens (tertiary/aromatic N) is 2. The van der Waals surface area contributed by atoms with Crippen LogP contribution in [-0.2, 0) is 4.79 Å². The SMILES string of the molecule is CN=C(NCCCN1CCCCCC1)NCCNC(=O)C1CCCCC1.I. The van der Waals surface area contributed by atoms with E-state index in [1.807, 2.05) is 0 Å². The smallest absolute Gasteiger partial charge is 0.223 e. The highest BCUT2D eigenvalue weighted by Crippen LogP contribution is 2.23. The molecular weight excluding hydrogens is 453 g/mol. The molecule has 1 heterocycles. The first-order valence-electron chi connectivity index (χ1n) is 10.7. The van der Waals surface area contributed by atoms with Crippen LogP contribution in [0.1, 0.15) is 64.2 Å². The van der Waals surface area contributed by atoms with Gasteiger partial charge in [0.05, 0.1) is 0 Å². The number of hydrogen-bond donors (Lipinski definition) is 3. The summed E-state index contributed by atoms with van der Waals surface area (Å²) in [6.07, 6.45) is 12.4. The maximum Gasteiger partial charge on any atom is 0.223 e. The van der Waals surface area contributed by atoms with Crippen molar-refractivity contribution in [2.75, 3.05) is 46.3 Å². The Bertz CT molecular complexity index is 419. The lowest BCUT2D eigenvalue weighted by molar-refractivity contribution is -0.125. The van der Waals surface area contributed by atoms with Gasteiger partial charge in [0.15, 0.2) is 5.96 Å². The van der Waals surface area contributed by atoms with Crippen LogP contribution in [0.25, 0.3) is 0 Å². The average molecular weight is 493 g/mol. The minimum absolute atomic E-state index is 0. The van der Waals surface area contributed by atoms with Crippen LogP contribution >= 0.6 is 24.0 Å². The Morgan fingerprint density at radius 2 is 1.48 bits per heavy atom. The third kappa shape index (κ3) is 10.5. The molecule has 0 unspecified atom stereocenters. The van der Waals surface area contributed by atoms with Gasteiger partial charge in [-0.1, -0.05) is 32.1 Å². The Morgan fingerprint density at radius 3 is 2.15 bits per heavy atom. The fraction of sp³-hybridized carbons (Fsp3) is 0.900. The molecule has 2 fully saturated rings. The molecule has 1 saturated heterocycles. The Morgan fingerprint density at radius 1 is 0.889 bits per heavy atom. The van der Waals surface area contributed by atoms with E-state index in [0.29, 0.717) is 13.1 Å². The molecule has 7 heteroatoms. The Balaban J connectivity index is 0.00000364. The van der Waals surface area contributed by atoms with Crippen molar-refractivity contribution in [3.8, 4) is 0 Å². The number of hydrogen-bond acceptors (Lipinski definition) is 3. The van der Waals surface area contributed by atoms with E-state index in [1.54, 1.807) is 7.05 Å². The minimum Gasteiger partial charge on any atom is -0.356 e. The number of halogens is 1. The van der Waals surface area contributed by atoms with Gasteiger partial charge in [-0.05, 0) is 51.7 Å². The zero-order valence-corrected chi connectivity index (χ0v) is 19.4. The molecular formula is C20H40IN5O. The van der Waals surface area contributed by atoms with Gasteiger partial charge in [-0.15, -0.1) is 24.0 Å². The number of rotatable bonds is 8. The number of nitrogens with one attached hydrogen (secondary N) is 3. The van der Waals surface area contributed by atoms with Crippen LogP contribution in [0.5, 0.6) is 0 Å². The quantitative estimate of drug-likeness (QED) is 0.211. The summed E-state index contributed by atoms with van der Waals surface area (Å²) in [5, 5.41) is 9.72. The van der Waals surface area contributed by atoms with E-state index < -0.39 is 0 Å². The lowest BCUT2D eigenvalue weighted by atomic mass is 9.89. The number of aliphatic imine (C=N–C) groups is 1. The predicted molar refractivity (Wildman–Crippen MR) is 124 cm³/mol. The normalized spacial score (nSPS) is 19.7. The zero-order chi connectivity index (χ0) is 18.5. The molecule has 0 aromatic carbocycles. The molecule has 0 atom stereocenters. The maximum atomic E-state index is 12.1. The Hall–Kier alpha value is -0.570. The van der Waals surface area contributed by atoms with Crippen LogP contribution in [0.3, 0.4) is 0 Å². The first-order chi connectivity index (χ1) is 12.8. The fourth-order valence-corrected chi connectivity index (χ4v) is 3.97. The summed E-state index contributed by atoms with van der Waals surface area (Å²) in [6, 6.07) is 0. The van der Waals surface area contributed by atoms with Crippen LogP contribution < -0.4 is 16.0 Å². The van der Waals surface area contributed by atoms with Gasteiger partial charge in [0.25, 0.3) is 0 Å². The van der Waals surface area contributed by atoms with E-state index in [1.165, 1.54) is 64.6 Å². The molecule has 1 aliphatic heterocycles. The molecule has 1 saturated carbocycles. The lowest BCUT2D eigenvalue weighted by Crippen LogP contribution is -2.43. The number of likely N-dealkylation sites (tertiary alicyclic amines) is 1. The Labute approximate surface area is 182 Å². The van der Waals surface area contributed by atoms with E-state index in [9.17, 15) is 4.79 Å². The second kappa shape index (κ2) is 15.4. The topological polar surface area (TPSA) is 68.8 Å². The fourth-order valence-electron chi connectivity index (χ4n) is 3.97. The van der Waals surface area contributed by atoms with Crippen molar-refractivity contribution < 1.29 is 4.79 Å². The summed E-state index contributed by atoms with van der Waals surface area (Å²) in [4.78, 5) is 19.0. The second-order valence-electron chi connectivity index (χ2n) is 7.66. The number of carbonyl (C=O) groups is 1. The van der Waals surface area contributed by atoms with Gasteiger partial charge in [-0.3, -0.25) is 9.79 Å². The summed E-state index contributed by atoms with van der Waals surface area (Å²) in [7, 11) is 1.80. The molecule has 2 rings (SSSR count). The largest absolute Gasteiger partial charge is 0.356 e. The Kier molecular flexibility index (Phi) is 13.9. The molecule has 3 N–H and O–H groups in total. The monoisotopic (exact) mass is 493 g/mol. The van der Waals surface area contributed by atoms with Crippen LogP contribution in [0.4, 0.5) is 0 Å². The molecule has 0 radical (unpaired) electrons. The van der Waals surface area contributed by atoms with Gasteiger partial charge in [0.2, 0.25) is 5.91 Å². The van der Waals surface area contributed by atoms with Crippen LogP contribution in [0.15, 0.2) is 4.99 Å². The van der Waals surface area contributed by atoms with E-state index in [4.69, 9.17) is 0 Å². The number of carbonyl (C=O) groups excluding carboxylic acids is 1. The lowest BCUT2D eigenvalue weighted by Gasteiger charge is -2.21. The summed E-state index contributed by atoms with van der Waals surface area (Å²) in [5.74, 6) is 1.29. The molecule has 0 bridgehead atoms. The van der Waals surface area contributed by atoms with Crippen LogP contribution in [0, 0.1) is 5.92 Å². The van der Waals surface area contributed by atoms with Crippen molar-refractivity contribution in [2.45, 2.75) is 64.2 Å². The summed E-state index contributed by atoms with van der Waals surface area (Å²) in [6.45, 7) is 5.99. The highest BCUT2D eigenvalue weighted by atomic mass is 127. The molecule has 158 valence electrons. The van der Waals surface area contributed by atoms with Gasteiger partial charge in [0, 0.05) is 32.6 Å². The highest BCUT2D eigenvalue weighted by Gasteiger charge is 2.20. The van der Waals surface area contributed by atoms with Gasteiger partial charge in [-0.2, -0.15) is 0 Å². The third-order valence-electron chi connectivity index (χ3n) is 5.56. The molecule has 6 nitrogen and oxygen atoms in total. The van der Waals surface area contributed by atoms with E-state index in [0.717, 1.165) is 31.8 Å². The molecule has 0 aromatic heterocycles. The van der Waals surface area contributed by atoms with Crippen molar-refractivity contribution in [3.05, 3.63) is 0 Å². The van der Waals surface area contributed by atoms with Gasteiger partial charge in [-0.25, -0.2) is 0 Å². The molecule has 27 heavy (non-hydrogen) atoms. The molecule has 1 aliphatic carbocycles. The van der Waals surface area contributed by atoms with Crippen molar-refractivity contribution in [2.24, 2.45) is 10.9 Å². The number of guanidine groups is 1. The van der Waals surface area contributed by atoms with Crippen LogP contribution in [0.2, 0.25) is 0 Å². The summed E-state index contributed by atoms with van der Waals surface area (Å²) >= 11 is 0. The predicted octanol–water partition coefficient (Wildman–Crippen LogP) is 2.73. The van der Waals surface area contributed by atoms with Crippen molar-refractivity contribution in [3.63, 3.8) is 0 Å². The minimum atomic E-state index is 0. The van der Waals surface area contributed by atoms with E-state index >= 15 is 0 Å². The summed E-state index contributed by atoms with van der Waals surface area (Å²) in [5.41, 5.74) is 0. The maximum absolute atomic E-state index is 12.1. The van der Waals surface area contributed by atoms with E-state index in [2.05, 4.69) is 25.8 Å². The third-order valence-corrected chi connectivity index (χ3v) is 5.56. The first-order valence-corrected chi connectivity index (χ1v) is 10.7. The van der Waals surface area contributed by atoms with Gasteiger partial charge < -0.3 is 20.9 Å². The molecule has 0 aromatic rings.